The van der Waals surface area contributed by atoms with Crippen molar-refractivity contribution < 1.29 is 9.90 Å². The molecular formula is C12H20N2O2S2. The molecule has 0 amide bonds. The number of carboxylic acid groups (broad SMARTS) is 1. The lowest BCUT2D eigenvalue weighted by Gasteiger charge is -2.14. The predicted molar refractivity (Wildman–Crippen MR) is 79.4 cm³/mol. The maximum absolute atomic E-state index is 11.2. The Labute approximate surface area is 116 Å². The molecule has 0 spiro atoms. The van der Waals surface area contributed by atoms with Crippen LogP contribution in [0.2, 0.25) is 0 Å². The molecule has 0 bridgehead atoms. The quantitative estimate of drug-likeness (QED) is 0.835. The number of nitrogens with zero attached hydrogens (tertiary/aromatic N) is 2. The Balaban J connectivity index is 2.98. The first-order chi connectivity index (χ1) is 8.51. The SMILES string of the molecule is CCC(C)c1nc(N(C)CCSC)sc1C(=O)O. The van der Waals surface area contributed by atoms with Crippen LogP contribution in [0.15, 0.2) is 0 Å². The lowest BCUT2D eigenvalue weighted by atomic mass is 10.0. The molecule has 0 aliphatic rings. The van der Waals surface area contributed by atoms with E-state index in [1.54, 1.807) is 11.8 Å². The number of rotatable bonds is 7. The van der Waals surface area contributed by atoms with Gasteiger partial charge in [0.2, 0.25) is 0 Å². The third-order valence-electron chi connectivity index (χ3n) is 2.87. The summed E-state index contributed by atoms with van der Waals surface area (Å²) in [7, 11) is 1.96. The summed E-state index contributed by atoms with van der Waals surface area (Å²) >= 11 is 3.05. The minimum absolute atomic E-state index is 0.190. The number of hydrogen-bond donors (Lipinski definition) is 1. The van der Waals surface area contributed by atoms with Gasteiger partial charge in [-0.2, -0.15) is 11.8 Å². The van der Waals surface area contributed by atoms with Crippen molar-refractivity contribution in [2.75, 3.05) is 30.5 Å². The molecule has 4 nitrogen and oxygen atoms in total. The molecule has 18 heavy (non-hydrogen) atoms. The number of anilines is 1. The maximum atomic E-state index is 11.2. The second-order valence-corrected chi connectivity index (χ2v) is 6.20. The van der Waals surface area contributed by atoms with E-state index in [-0.39, 0.29) is 5.92 Å². The molecule has 102 valence electrons. The Morgan fingerprint density at radius 1 is 1.61 bits per heavy atom. The second kappa shape index (κ2) is 6.99. The summed E-state index contributed by atoms with van der Waals surface area (Å²) in [6.07, 6.45) is 2.96. The number of aromatic carboxylic acids is 1. The van der Waals surface area contributed by atoms with E-state index in [0.717, 1.165) is 29.5 Å². The first-order valence-electron chi connectivity index (χ1n) is 5.95. The fourth-order valence-corrected chi connectivity index (χ4v) is 2.96. The van der Waals surface area contributed by atoms with Crippen LogP contribution in [0.4, 0.5) is 5.13 Å². The Hall–Kier alpha value is -0.750. The lowest BCUT2D eigenvalue weighted by molar-refractivity contribution is 0.0700. The number of carbonyl (C=O) groups is 1. The van der Waals surface area contributed by atoms with Crippen LogP contribution >= 0.6 is 23.1 Å². The fraction of sp³-hybridized carbons (Fsp3) is 0.667. The van der Waals surface area contributed by atoms with Gasteiger partial charge in [0.25, 0.3) is 0 Å². The smallest absolute Gasteiger partial charge is 0.347 e. The Morgan fingerprint density at radius 3 is 2.78 bits per heavy atom. The van der Waals surface area contributed by atoms with Crippen molar-refractivity contribution in [1.82, 2.24) is 4.98 Å². The van der Waals surface area contributed by atoms with Crippen LogP contribution in [0.25, 0.3) is 0 Å². The zero-order valence-corrected chi connectivity index (χ0v) is 12.9. The molecule has 0 aliphatic heterocycles. The van der Waals surface area contributed by atoms with E-state index >= 15 is 0 Å². The Bertz CT molecular complexity index is 407. The summed E-state index contributed by atoms with van der Waals surface area (Å²) in [5, 5.41) is 10.0. The van der Waals surface area contributed by atoms with E-state index in [1.165, 1.54) is 11.3 Å². The van der Waals surface area contributed by atoms with Crippen molar-refractivity contribution >= 4 is 34.2 Å². The van der Waals surface area contributed by atoms with Gasteiger partial charge < -0.3 is 10.0 Å². The largest absolute Gasteiger partial charge is 0.477 e. The van der Waals surface area contributed by atoms with Crippen LogP contribution in [0.3, 0.4) is 0 Å². The van der Waals surface area contributed by atoms with E-state index < -0.39 is 5.97 Å². The molecule has 6 heteroatoms. The van der Waals surface area contributed by atoms with Crippen LogP contribution in [0, 0.1) is 0 Å². The number of aromatic nitrogens is 1. The molecule has 1 aromatic heterocycles. The molecule has 0 radical (unpaired) electrons. The Morgan fingerprint density at radius 2 is 2.28 bits per heavy atom. The first kappa shape index (κ1) is 15.3. The zero-order valence-electron chi connectivity index (χ0n) is 11.3. The molecule has 1 unspecified atom stereocenters. The van der Waals surface area contributed by atoms with Gasteiger partial charge in [0, 0.05) is 19.3 Å². The molecular weight excluding hydrogens is 268 g/mol. The van der Waals surface area contributed by atoms with E-state index in [0.29, 0.717) is 4.88 Å². The van der Waals surface area contributed by atoms with Crippen molar-refractivity contribution in [1.29, 1.82) is 0 Å². The number of hydrogen-bond acceptors (Lipinski definition) is 5. The van der Waals surface area contributed by atoms with E-state index in [4.69, 9.17) is 0 Å². The average molecular weight is 288 g/mol. The van der Waals surface area contributed by atoms with Crippen molar-refractivity contribution in [2.24, 2.45) is 0 Å². The highest BCUT2D eigenvalue weighted by atomic mass is 32.2. The molecule has 0 aromatic carbocycles. The highest BCUT2D eigenvalue weighted by Crippen LogP contribution is 2.31. The summed E-state index contributed by atoms with van der Waals surface area (Å²) < 4.78 is 0. The van der Waals surface area contributed by atoms with Crippen LogP contribution in [0.5, 0.6) is 0 Å². The minimum atomic E-state index is -0.868. The van der Waals surface area contributed by atoms with Crippen LogP contribution < -0.4 is 4.90 Å². The van der Waals surface area contributed by atoms with E-state index in [9.17, 15) is 9.90 Å². The van der Waals surface area contributed by atoms with Gasteiger partial charge in [0.05, 0.1) is 5.69 Å². The van der Waals surface area contributed by atoms with Gasteiger partial charge in [-0.25, -0.2) is 9.78 Å². The topological polar surface area (TPSA) is 53.4 Å². The summed E-state index contributed by atoms with van der Waals surface area (Å²) in [6.45, 7) is 4.95. The molecule has 1 rings (SSSR count). The monoisotopic (exact) mass is 288 g/mol. The van der Waals surface area contributed by atoms with Gasteiger partial charge in [0.1, 0.15) is 4.88 Å². The number of thiazole rings is 1. The zero-order chi connectivity index (χ0) is 13.7. The summed E-state index contributed by atoms with van der Waals surface area (Å²) in [5.41, 5.74) is 0.723. The lowest BCUT2D eigenvalue weighted by Crippen LogP contribution is -2.19. The second-order valence-electron chi connectivity index (χ2n) is 4.24. The van der Waals surface area contributed by atoms with Gasteiger partial charge in [-0.05, 0) is 18.6 Å². The Kier molecular flexibility index (Phi) is 5.95. The maximum Gasteiger partial charge on any atom is 0.347 e. The third-order valence-corrected chi connectivity index (χ3v) is 4.64. The average Bonchev–Trinajstić information content (AvgIpc) is 2.80. The van der Waals surface area contributed by atoms with Crippen molar-refractivity contribution in [2.45, 2.75) is 26.2 Å². The standard InChI is InChI=1S/C12H20N2O2S2/c1-5-8(2)9-10(11(15)16)18-12(13-9)14(3)6-7-17-4/h8H,5-7H2,1-4H3,(H,15,16). The van der Waals surface area contributed by atoms with Crippen LogP contribution in [-0.2, 0) is 0 Å². The minimum Gasteiger partial charge on any atom is -0.477 e. The third kappa shape index (κ3) is 3.62. The number of thioether (sulfide) groups is 1. The van der Waals surface area contributed by atoms with Gasteiger partial charge in [-0.3, -0.25) is 0 Å². The molecule has 1 aromatic rings. The highest BCUT2D eigenvalue weighted by molar-refractivity contribution is 7.98. The van der Waals surface area contributed by atoms with Crippen molar-refractivity contribution in [3.05, 3.63) is 10.6 Å². The normalized spacial score (nSPS) is 12.4. The van der Waals surface area contributed by atoms with Crippen molar-refractivity contribution in [3.8, 4) is 0 Å². The van der Waals surface area contributed by atoms with Crippen LogP contribution in [-0.4, -0.2) is 41.7 Å². The van der Waals surface area contributed by atoms with Gasteiger partial charge in [-0.1, -0.05) is 25.2 Å². The highest BCUT2D eigenvalue weighted by Gasteiger charge is 2.22. The van der Waals surface area contributed by atoms with E-state index in [2.05, 4.69) is 11.2 Å². The number of carboxylic acids is 1. The van der Waals surface area contributed by atoms with Gasteiger partial charge >= 0.3 is 5.97 Å². The fourth-order valence-electron chi connectivity index (χ4n) is 1.49. The summed E-state index contributed by atoms with van der Waals surface area (Å²) in [5.74, 6) is 0.333. The van der Waals surface area contributed by atoms with Gasteiger partial charge in [-0.15, -0.1) is 0 Å². The molecule has 1 N–H and O–H groups in total. The summed E-state index contributed by atoms with van der Waals surface area (Å²) in [4.78, 5) is 18.2. The van der Waals surface area contributed by atoms with Gasteiger partial charge in [0.15, 0.2) is 5.13 Å². The molecule has 0 saturated heterocycles. The predicted octanol–water partition coefficient (Wildman–Crippen LogP) is 3.15. The summed E-state index contributed by atoms with van der Waals surface area (Å²) in [6, 6.07) is 0. The van der Waals surface area contributed by atoms with Crippen LogP contribution in [0.1, 0.15) is 41.6 Å². The molecule has 0 fully saturated rings. The van der Waals surface area contributed by atoms with E-state index in [1.807, 2.05) is 25.8 Å². The molecule has 1 atom stereocenters. The molecule has 1 heterocycles. The van der Waals surface area contributed by atoms with Crippen molar-refractivity contribution in [3.63, 3.8) is 0 Å². The first-order valence-corrected chi connectivity index (χ1v) is 8.16. The molecule has 0 saturated carbocycles. The molecule has 0 aliphatic carbocycles.